The zero-order valence-corrected chi connectivity index (χ0v) is 19.5. The fourth-order valence-corrected chi connectivity index (χ4v) is 4.91. The minimum absolute atomic E-state index is 0.106. The van der Waals surface area contributed by atoms with E-state index in [1.54, 1.807) is 28.1 Å². The first kappa shape index (κ1) is 24.3. The van der Waals surface area contributed by atoms with Crippen LogP contribution in [0, 0.1) is 5.82 Å². The first-order valence-electron chi connectivity index (χ1n) is 11.9. The number of morpholine rings is 1. The number of ether oxygens (including phenoxy) is 1. The number of carbonyl (C=O) groups is 1. The molecule has 0 saturated carbocycles. The number of rotatable bonds is 3. The lowest BCUT2D eigenvalue weighted by atomic mass is 9.84. The predicted molar refractivity (Wildman–Crippen MR) is 125 cm³/mol. The van der Waals surface area contributed by atoms with Crippen molar-refractivity contribution in [3.05, 3.63) is 77.5 Å². The monoisotopic (exact) mass is 502 g/mol. The molecule has 0 spiro atoms. The number of aromatic amines is 1. The first-order chi connectivity index (χ1) is 17.3. The maximum atomic E-state index is 13.3. The molecule has 0 aliphatic carbocycles. The Hall–Kier alpha value is -3.40. The molecule has 3 aromatic rings. The SMILES string of the molecule is O=C(N1CCOCC1)N1CC(c2ccc(C(F)(F)F)cc2)CC(c2ncc(-c3ccc(F)cc3)[nH]2)C1. The summed E-state index contributed by atoms with van der Waals surface area (Å²) < 4.78 is 57.9. The lowest BCUT2D eigenvalue weighted by Crippen LogP contribution is -2.52. The Labute approximate surface area is 205 Å². The van der Waals surface area contributed by atoms with Gasteiger partial charge in [-0.1, -0.05) is 12.1 Å². The van der Waals surface area contributed by atoms with Crippen molar-refractivity contribution in [1.29, 1.82) is 0 Å². The lowest BCUT2D eigenvalue weighted by Gasteiger charge is -2.40. The minimum Gasteiger partial charge on any atom is -0.378 e. The van der Waals surface area contributed by atoms with E-state index in [1.165, 1.54) is 24.3 Å². The molecule has 2 aromatic carbocycles. The largest absolute Gasteiger partial charge is 0.416 e. The third-order valence-corrected chi connectivity index (χ3v) is 6.85. The summed E-state index contributed by atoms with van der Waals surface area (Å²) in [5.74, 6) is 0.0498. The average Bonchev–Trinajstić information content (AvgIpc) is 3.39. The van der Waals surface area contributed by atoms with E-state index in [2.05, 4.69) is 9.97 Å². The number of urea groups is 1. The number of amides is 2. The van der Waals surface area contributed by atoms with Crippen LogP contribution in [-0.2, 0) is 10.9 Å². The van der Waals surface area contributed by atoms with Gasteiger partial charge in [-0.3, -0.25) is 0 Å². The Morgan fingerprint density at radius 2 is 1.61 bits per heavy atom. The molecule has 3 heterocycles. The van der Waals surface area contributed by atoms with Crippen LogP contribution in [0.1, 0.15) is 35.2 Å². The van der Waals surface area contributed by atoms with Crippen LogP contribution in [0.5, 0.6) is 0 Å². The summed E-state index contributed by atoms with van der Waals surface area (Å²) in [6, 6.07) is 11.1. The highest BCUT2D eigenvalue weighted by Crippen LogP contribution is 2.37. The normalized spacial score (nSPS) is 21.0. The summed E-state index contributed by atoms with van der Waals surface area (Å²) in [4.78, 5) is 24.7. The van der Waals surface area contributed by atoms with Crippen molar-refractivity contribution in [3.8, 4) is 11.3 Å². The number of alkyl halides is 3. The molecule has 36 heavy (non-hydrogen) atoms. The van der Waals surface area contributed by atoms with Gasteiger partial charge in [0.1, 0.15) is 11.6 Å². The van der Waals surface area contributed by atoms with Crippen LogP contribution >= 0.6 is 0 Å². The van der Waals surface area contributed by atoms with Crippen LogP contribution in [0.15, 0.2) is 54.7 Å². The molecular weight excluding hydrogens is 476 g/mol. The topological polar surface area (TPSA) is 61.5 Å². The van der Waals surface area contributed by atoms with Gasteiger partial charge in [-0.15, -0.1) is 0 Å². The van der Waals surface area contributed by atoms with Crippen LogP contribution < -0.4 is 0 Å². The molecule has 2 unspecified atom stereocenters. The second kappa shape index (κ2) is 9.93. The van der Waals surface area contributed by atoms with E-state index < -0.39 is 11.7 Å². The number of piperidine rings is 1. The molecule has 5 rings (SSSR count). The minimum atomic E-state index is -4.41. The summed E-state index contributed by atoms with van der Waals surface area (Å²) in [5, 5.41) is 0. The maximum Gasteiger partial charge on any atom is 0.416 e. The molecule has 2 aliphatic heterocycles. The Kier molecular flexibility index (Phi) is 6.70. The molecule has 0 bridgehead atoms. The highest BCUT2D eigenvalue weighted by Gasteiger charge is 2.36. The zero-order valence-electron chi connectivity index (χ0n) is 19.5. The molecule has 2 fully saturated rings. The van der Waals surface area contributed by atoms with E-state index in [1.807, 2.05) is 0 Å². The van der Waals surface area contributed by atoms with Crippen molar-refractivity contribution >= 4 is 6.03 Å². The van der Waals surface area contributed by atoms with Gasteiger partial charge in [0.2, 0.25) is 0 Å². The zero-order chi connectivity index (χ0) is 25.3. The van der Waals surface area contributed by atoms with Crippen molar-refractivity contribution in [2.75, 3.05) is 39.4 Å². The molecule has 2 amide bonds. The van der Waals surface area contributed by atoms with Gasteiger partial charge in [0, 0.05) is 38.0 Å². The quantitative estimate of drug-likeness (QED) is 0.497. The predicted octanol–water partition coefficient (Wildman–Crippen LogP) is 5.26. The molecule has 1 aromatic heterocycles. The van der Waals surface area contributed by atoms with Crippen LogP contribution in [0.4, 0.5) is 22.4 Å². The number of carbonyl (C=O) groups excluding carboxylic acids is 1. The second-order valence-electron chi connectivity index (χ2n) is 9.23. The number of likely N-dealkylation sites (tertiary alicyclic amines) is 1. The van der Waals surface area contributed by atoms with E-state index in [9.17, 15) is 22.4 Å². The third kappa shape index (κ3) is 5.23. The Morgan fingerprint density at radius 3 is 2.28 bits per heavy atom. The second-order valence-corrected chi connectivity index (χ2v) is 9.23. The Bertz CT molecular complexity index is 1190. The number of H-pyrrole nitrogens is 1. The molecule has 2 aliphatic rings. The number of hydrogen-bond donors (Lipinski definition) is 1. The maximum absolute atomic E-state index is 13.3. The third-order valence-electron chi connectivity index (χ3n) is 6.85. The van der Waals surface area contributed by atoms with E-state index in [-0.39, 0.29) is 23.7 Å². The standard InChI is InChI=1S/C26H26F4N4O2/c27-22-7-3-18(4-8-22)23-14-31-24(32-23)20-13-19(17-1-5-21(6-2-17)26(28,29)30)15-34(16-20)25(35)33-9-11-36-12-10-33/h1-8,14,19-20H,9-13,15-16H2,(H,31,32). The fraction of sp³-hybridized carbons (Fsp3) is 0.385. The van der Waals surface area contributed by atoms with Crippen molar-refractivity contribution in [2.45, 2.75) is 24.4 Å². The van der Waals surface area contributed by atoms with Crippen molar-refractivity contribution in [3.63, 3.8) is 0 Å². The number of nitrogens with zero attached hydrogens (tertiary/aromatic N) is 3. The lowest BCUT2D eigenvalue weighted by molar-refractivity contribution is -0.137. The molecule has 10 heteroatoms. The van der Waals surface area contributed by atoms with Gasteiger partial charge < -0.3 is 19.5 Å². The molecule has 0 radical (unpaired) electrons. The van der Waals surface area contributed by atoms with Gasteiger partial charge in [-0.25, -0.2) is 14.2 Å². The Balaban J connectivity index is 1.41. The van der Waals surface area contributed by atoms with E-state index in [0.717, 1.165) is 29.0 Å². The highest BCUT2D eigenvalue weighted by atomic mass is 19.4. The van der Waals surface area contributed by atoms with Gasteiger partial charge in [0.25, 0.3) is 0 Å². The van der Waals surface area contributed by atoms with Crippen LogP contribution in [0.3, 0.4) is 0 Å². The Morgan fingerprint density at radius 1 is 0.944 bits per heavy atom. The number of hydrogen-bond acceptors (Lipinski definition) is 3. The molecule has 2 saturated heterocycles. The average molecular weight is 503 g/mol. The molecule has 6 nitrogen and oxygen atoms in total. The van der Waals surface area contributed by atoms with Crippen molar-refractivity contribution in [2.24, 2.45) is 0 Å². The summed E-state index contributed by atoms with van der Waals surface area (Å²) in [7, 11) is 0. The van der Waals surface area contributed by atoms with Crippen molar-refractivity contribution < 1.29 is 27.1 Å². The smallest absolute Gasteiger partial charge is 0.378 e. The molecule has 190 valence electrons. The summed E-state index contributed by atoms with van der Waals surface area (Å²) in [6.07, 6.45) is -2.11. The number of imidazole rings is 1. The van der Waals surface area contributed by atoms with Gasteiger partial charge in [0.05, 0.1) is 30.7 Å². The van der Waals surface area contributed by atoms with E-state index in [4.69, 9.17) is 4.74 Å². The number of aromatic nitrogens is 2. The van der Waals surface area contributed by atoms with Gasteiger partial charge in [0.15, 0.2) is 0 Å². The van der Waals surface area contributed by atoms with Crippen LogP contribution in [0.25, 0.3) is 11.3 Å². The van der Waals surface area contributed by atoms with Gasteiger partial charge >= 0.3 is 12.2 Å². The number of halogens is 4. The summed E-state index contributed by atoms with van der Waals surface area (Å²) >= 11 is 0. The van der Waals surface area contributed by atoms with Crippen molar-refractivity contribution in [1.82, 2.24) is 19.8 Å². The summed E-state index contributed by atoms with van der Waals surface area (Å²) in [5.41, 5.74) is 1.56. The van der Waals surface area contributed by atoms with Gasteiger partial charge in [-0.05, 0) is 53.9 Å². The number of nitrogens with one attached hydrogen (secondary N) is 1. The first-order valence-corrected chi connectivity index (χ1v) is 11.9. The molecule has 1 N–H and O–H groups in total. The van der Waals surface area contributed by atoms with Crippen LogP contribution in [0.2, 0.25) is 0 Å². The summed E-state index contributed by atoms with van der Waals surface area (Å²) in [6.45, 7) is 2.79. The number of benzene rings is 2. The molecule has 2 atom stereocenters. The van der Waals surface area contributed by atoms with E-state index in [0.29, 0.717) is 51.6 Å². The fourth-order valence-electron chi connectivity index (χ4n) is 4.91. The van der Waals surface area contributed by atoms with E-state index >= 15 is 0 Å². The molecular formula is C26H26F4N4O2. The highest BCUT2D eigenvalue weighted by molar-refractivity contribution is 5.75. The van der Waals surface area contributed by atoms with Gasteiger partial charge in [-0.2, -0.15) is 13.2 Å². The van der Waals surface area contributed by atoms with Crippen LogP contribution in [-0.4, -0.2) is 65.2 Å².